The number of rotatable bonds is 9. The molecule has 0 aliphatic heterocycles. The van der Waals surface area contributed by atoms with Crippen molar-refractivity contribution in [1.82, 2.24) is 10.6 Å². The highest BCUT2D eigenvalue weighted by atomic mass is 127. The molecule has 1 rings (SSSR count). The molecular weight excluding hydrogens is 405 g/mol. The molecule has 1 aromatic rings. The molecule has 0 fully saturated rings. The van der Waals surface area contributed by atoms with Gasteiger partial charge in [-0.1, -0.05) is 26.0 Å². The van der Waals surface area contributed by atoms with Crippen LogP contribution in [0.1, 0.15) is 26.3 Å². The number of halogens is 1. The number of benzene rings is 1. The maximum Gasteiger partial charge on any atom is 0.191 e. The van der Waals surface area contributed by atoms with Crippen molar-refractivity contribution in [3.8, 4) is 5.75 Å². The van der Waals surface area contributed by atoms with Crippen LogP contribution in [0.15, 0.2) is 29.3 Å². The van der Waals surface area contributed by atoms with Crippen molar-refractivity contribution >= 4 is 29.9 Å². The van der Waals surface area contributed by atoms with E-state index in [-0.39, 0.29) is 24.0 Å². The summed E-state index contributed by atoms with van der Waals surface area (Å²) in [4.78, 5) is 4.19. The summed E-state index contributed by atoms with van der Waals surface area (Å²) >= 11 is 0. The highest BCUT2D eigenvalue weighted by Gasteiger charge is 2.01. The number of aliphatic imine (C=N–C) groups is 1. The van der Waals surface area contributed by atoms with Gasteiger partial charge in [0.05, 0.1) is 13.2 Å². The van der Waals surface area contributed by atoms with E-state index in [1.165, 1.54) is 0 Å². The summed E-state index contributed by atoms with van der Waals surface area (Å²) in [6.45, 7) is 9.86. The summed E-state index contributed by atoms with van der Waals surface area (Å²) in [6, 6.07) is 8.13. The Morgan fingerprint density at radius 3 is 2.70 bits per heavy atom. The zero-order valence-electron chi connectivity index (χ0n) is 14.6. The summed E-state index contributed by atoms with van der Waals surface area (Å²) in [6.07, 6.45) is 0. The Kier molecular flexibility index (Phi) is 12.8. The number of nitrogens with zero attached hydrogens (tertiary/aromatic N) is 1. The third kappa shape index (κ3) is 10.4. The summed E-state index contributed by atoms with van der Waals surface area (Å²) in [5.41, 5.74) is 1.16. The van der Waals surface area contributed by atoms with E-state index in [0.29, 0.717) is 19.1 Å². The fourth-order valence-corrected chi connectivity index (χ4v) is 1.80. The molecule has 0 bridgehead atoms. The summed E-state index contributed by atoms with van der Waals surface area (Å²) in [7, 11) is 1.76. The van der Waals surface area contributed by atoms with Gasteiger partial charge >= 0.3 is 0 Å². The largest absolute Gasteiger partial charge is 0.493 e. The van der Waals surface area contributed by atoms with E-state index in [4.69, 9.17) is 9.47 Å². The second-order valence-electron chi connectivity index (χ2n) is 5.40. The average Bonchev–Trinajstić information content (AvgIpc) is 2.52. The Labute approximate surface area is 157 Å². The van der Waals surface area contributed by atoms with Crippen LogP contribution in [0.3, 0.4) is 0 Å². The van der Waals surface area contributed by atoms with Crippen LogP contribution < -0.4 is 15.4 Å². The lowest BCUT2D eigenvalue weighted by molar-refractivity contribution is 0.152. The molecule has 0 radical (unpaired) electrons. The van der Waals surface area contributed by atoms with Crippen molar-refractivity contribution in [2.24, 2.45) is 10.9 Å². The molecule has 1 aromatic carbocycles. The zero-order valence-corrected chi connectivity index (χ0v) is 16.9. The van der Waals surface area contributed by atoms with Crippen LogP contribution in [0.4, 0.5) is 0 Å². The Balaban J connectivity index is 0.00000484. The van der Waals surface area contributed by atoms with Gasteiger partial charge in [-0.15, -0.1) is 24.0 Å². The first kappa shape index (κ1) is 22.0. The quantitative estimate of drug-likeness (QED) is 0.271. The van der Waals surface area contributed by atoms with E-state index in [0.717, 1.165) is 37.0 Å². The molecule has 0 heterocycles. The van der Waals surface area contributed by atoms with E-state index in [1.54, 1.807) is 7.05 Å². The van der Waals surface area contributed by atoms with Crippen molar-refractivity contribution in [3.63, 3.8) is 0 Å². The number of hydrogen-bond donors (Lipinski definition) is 2. The first-order chi connectivity index (χ1) is 10.7. The summed E-state index contributed by atoms with van der Waals surface area (Å²) in [5, 5.41) is 6.49. The summed E-state index contributed by atoms with van der Waals surface area (Å²) < 4.78 is 11.0. The van der Waals surface area contributed by atoms with Gasteiger partial charge in [0.1, 0.15) is 5.75 Å². The van der Waals surface area contributed by atoms with Crippen molar-refractivity contribution in [2.45, 2.75) is 27.3 Å². The molecule has 0 amide bonds. The minimum absolute atomic E-state index is 0. The molecule has 132 valence electrons. The van der Waals surface area contributed by atoms with Crippen LogP contribution >= 0.6 is 24.0 Å². The van der Waals surface area contributed by atoms with Gasteiger partial charge in [-0.05, 0) is 30.5 Å². The average molecular weight is 435 g/mol. The lowest BCUT2D eigenvalue weighted by atomic mass is 10.2. The molecule has 6 heteroatoms. The van der Waals surface area contributed by atoms with Crippen molar-refractivity contribution in [2.75, 3.05) is 33.4 Å². The van der Waals surface area contributed by atoms with Crippen molar-refractivity contribution in [1.29, 1.82) is 0 Å². The minimum Gasteiger partial charge on any atom is -0.493 e. The molecule has 0 aromatic heterocycles. The van der Waals surface area contributed by atoms with E-state index < -0.39 is 0 Å². The van der Waals surface area contributed by atoms with Gasteiger partial charge in [0.15, 0.2) is 5.96 Å². The van der Waals surface area contributed by atoms with E-state index in [2.05, 4.69) is 41.6 Å². The van der Waals surface area contributed by atoms with E-state index in [1.807, 2.05) is 19.1 Å². The van der Waals surface area contributed by atoms with Crippen LogP contribution in [0, 0.1) is 5.92 Å². The topological polar surface area (TPSA) is 54.9 Å². The maximum atomic E-state index is 5.74. The van der Waals surface area contributed by atoms with Gasteiger partial charge in [-0.3, -0.25) is 4.99 Å². The van der Waals surface area contributed by atoms with Gasteiger partial charge in [0, 0.05) is 26.7 Å². The molecule has 0 saturated carbocycles. The number of hydrogen-bond acceptors (Lipinski definition) is 3. The maximum absolute atomic E-state index is 5.74. The second kappa shape index (κ2) is 13.4. The first-order valence-electron chi connectivity index (χ1n) is 7.89. The Bertz CT molecular complexity index is 453. The lowest BCUT2D eigenvalue weighted by Crippen LogP contribution is -2.38. The van der Waals surface area contributed by atoms with Crippen LogP contribution in [-0.4, -0.2) is 39.4 Å². The molecular formula is C17H30IN3O2. The molecule has 0 spiro atoms. The zero-order chi connectivity index (χ0) is 16.2. The fourth-order valence-electron chi connectivity index (χ4n) is 1.80. The molecule has 0 aliphatic carbocycles. The molecule has 0 unspecified atom stereocenters. The SMILES string of the molecule is CCOCCNC(=NC)NCc1cccc(OCC(C)C)c1.I. The number of guanidine groups is 1. The fraction of sp³-hybridized carbons (Fsp3) is 0.588. The normalized spacial score (nSPS) is 11.1. The van der Waals surface area contributed by atoms with Crippen LogP contribution in [0.2, 0.25) is 0 Å². The first-order valence-corrected chi connectivity index (χ1v) is 7.89. The standard InChI is InChI=1S/C17H29N3O2.HI/c1-5-21-10-9-19-17(18-4)20-12-15-7-6-8-16(11-15)22-13-14(2)3;/h6-8,11,14H,5,9-10,12-13H2,1-4H3,(H2,18,19,20);1H. The Hall–Kier alpha value is -1.02. The van der Waals surface area contributed by atoms with Crippen molar-refractivity contribution < 1.29 is 9.47 Å². The van der Waals surface area contributed by atoms with Crippen LogP contribution in [0.25, 0.3) is 0 Å². The van der Waals surface area contributed by atoms with E-state index in [9.17, 15) is 0 Å². The summed E-state index contributed by atoms with van der Waals surface area (Å²) in [5.74, 6) is 2.20. The highest BCUT2D eigenvalue weighted by molar-refractivity contribution is 14.0. The number of nitrogens with one attached hydrogen (secondary N) is 2. The second-order valence-corrected chi connectivity index (χ2v) is 5.40. The Morgan fingerprint density at radius 2 is 2.04 bits per heavy atom. The van der Waals surface area contributed by atoms with Gasteiger partial charge in [-0.2, -0.15) is 0 Å². The molecule has 5 nitrogen and oxygen atoms in total. The Morgan fingerprint density at radius 1 is 1.26 bits per heavy atom. The number of ether oxygens (including phenoxy) is 2. The van der Waals surface area contributed by atoms with Crippen LogP contribution in [-0.2, 0) is 11.3 Å². The molecule has 23 heavy (non-hydrogen) atoms. The lowest BCUT2D eigenvalue weighted by Gasteiger charge is -2.13. The molecule has 2 N–H and O–H groups in total. The van der Waals surface area contributed by atoms with Crippen molar-refractivity contribution in [3.05, 3.63) is 29.8 Å². The predicted octanol–water partition coefficient (Wildman–Crippen LogP) is 3.04. The monoisotopic (exact) mass is 435 g/mol. The van der Waals surface area contributed by atoms with Gasteiger partial charge < -0.3 is 20.1 Å². The van der Waals surface area contributed by atoms with Crippen LogP contribution in [0.5, 0.6) is 5.75 Å². The predicted molar refractivity (Wildman–Crippen MR) is 107 cm³/mol. The van der Waals surface area contributed by atoms with Gasteiger partial charge in [0.2, 0.25) is 0 Å². The molecule has 0 aliphatic rings. The van der Waals surface area contributed by atoms with Gasteiger partial charge in [0.25, 0.3) is 0 Å². The highest BCUT2D eigenvalue weighted by Crippen LogP contribution is 2.14. The third-order valence-corrected chi connectivity index (χ3v) is 2.91. The van der Waals surface area contributed by atoms with Gasteiger partial charge in [-0.25, -0.2) is 0 Å². The molecule has 0 atom stereocenters. The third-order valence-electron chi connectivity index (χ3n) is 2.91. The molecule has 0 saturated heterocycles. The van der Waals surface area contributed by atoms with E-state index >= 15 is 0 Å². The minimum atomic E-state index is 0. The smallest absolute Gasteiger partial charge is 0.191 e.